The number of carboxylic acids is 1. The van der Waals surface area contributed by atoms with Crippen LogP contribution in [-0.4, -0.2) is 26.5 Å². The first kappa shape index (κ1) is 14.7. The number of urea groups is 1. The van der Waals surface area contributed by atoms with Crippen LogP contribution in [0.5, 0.6) is 0 Å². The molecule has 0 saturated carbocycles. The monoisotopic (exact) mass is 304 g/mol. The quantitative estimate of drug-likeness (QED) is 0.753. The van der Waals surface area contributed by atoms with Gasteiger partial charge in [0.2, 0.25) is 5.13 Å². The third-order valence-electron chi connectivity index (χ3n) is 2.31. The Bertz CT molecular complexity index is 696. The van der Waals surface area contributed by atoms with Crippen molar-refractivity contribution >= 4 is 40.4 Å². The molecule has 3 N–H and O–H groups in total. The van der Waals surface area contributed by atoms with E-state index in [-0.39, 0.29) is 0 Å². The first-order valence-corrected chi connectivity index (χ1v) is 6.69. The van der Waals surface area contributed by atoms with Gasteiger partial charge in [-0.25, -0.2) is 14.6 Å². The van der Waals surface area contributed by atoms with Crippen molar-refractivity contribution in [3.63, 3.8) is 0 Å². The fraction of sp³-hybridized carbons (Fsp3) is 0.0769. The summed E-state index contributed by atoms with van der Waals surface area (Å²) in [5.41, 5.74) is 1.21. The topological polar surface area (TPSA) is 104 Å². The van der Waals surface area contributed by atoms with E-state index in [4.69, 9.17) is 5.11 Å². The highest BCUT2D eigenvalue weighted by Gasteiger charge is 2.06. The Kier molecular flexibility index (Phi) is 4.62. The fourth-order valence-electron chi connectivity index (χ4n) is 1.49. The van der Waals surface area contributed by atoms with Crippen LogP contribution >= 0.6 is 11.5 Å². The van der Waals surface area contributed by atoms with E-state index in [1.807, 2.05) is 0 Å². The Morgan fingerprint density at radius 3 is 2.81 bits per heavy atom. The molecule has 0 aliphatic heterocycles. The zero-order valence-electron chi connectivity index (χ0n) is 11.0. The van der Waals surface area contributed by atoms with Gasteiger partial charge in [0.1, 0.15) is 5.82 Å². The minimum Gasteiger partial charge on any atom is -0.478 e. The van der Waals surface area contributed by atoms with Crippen LogP contribution in [0.25, 0.3) is 6.08 Å². The summed E-state index contributed by atoms with van der Waals surface area (Å²) >= 11 is 1.09. The van der Waals surface area contributed by atoms with Crippen LogP contribution in [-0.2, 0) is 4.79 Å². The number of anilines is 2. The van der Waals surface area contributed by atoms with Crippen molar-refractivity contribution in [2.75, 3.05) is 10.6 Å². The van der Waals surface area contributed by atoms with E-state index in [0.29, 0.717) is 22.2 Å². The van der Waals surface area contributed by atoms with Crippen molar-refractivity contribution in [2.24, 2.45) is 0 Å². The fourth-order valence-corrected chi connectivity index (χ4v) is 2.07. The molecular weight excluding hydrogens is 292 g/mol. The number of aryl methyl sites for hydroxylation is 1. The van der Waals surface area contributed by atoms with Crippen LogP contribution in [0.2, 0.25) is 0 Å². The highest BCUT2D eigenvalue weighted by atomic mass is 32.1. The number of hydrogen-bond donors (Lipinski definition) is 3. The average molecular weight is 304 g/mol. The molecule has 0 aliphatic carbocycles. The Morgan fingerprint density at radius 1 is 1.33 bits per heavy atom. The van der Waals surface area contributed by atoms with Gasteiger partial charge in [-0.2, -0.15) is 4.37 Å². The molecule has 0 fully saturated rings. The third kappa shape index (κ3) is 4.69. The van der Waals surface area contributed by atoms with Crippen LogP contribution in [0, 0.1) is 6.92 Å². The van der Waals surface area contributed by atoms with Gasteiger partial charge < -0.3 is 10.4 Å². The lowest BCUT2D eigenvalue weighted by Crippen LogP contribution is -2.19. The van der Waals surface area contributed by atoms with E-state index in [1.165, 1.54) is 6.08 Å². The molecule has 1 aromatic carbocycles. The molecule has 0 radical (unpaired) electrons. The molecule has 0 unspecified atom stereocenters. The minimum atomic E-state index is -1.03. The van der Waals surface area contributed by atoms with Gasteiger partial charge in [-0.3, -0.25) is 5.32 Å². The second-order valence-electron chi connectivity index (χ2n) is 4.02. The molecule has 1 heterocycles. The predicted molar refractivity (Wildman–Crippen MR) is 80.4 cm³/mol. The molecule has 7 nitrogen and oxygen atoms in total. The maximum Gasteiger partial charge on any atom is 0.328 e. The van der Waals surface area contributed by atoms with Crippen molar-refractivity contribution in [1.29, 1.82) is 0 Å². The number of nitrogens with zero attached hydrogens (tertiary/aromatic N) is 2. The molecule has 21 heavy (non-hydrogen) atoms. The smallest absolute Gasteiger partial charge is 0.328 e. The summed E-state index contributed by atoms with van der Waals surface area (Å²) in [5.74, 6) is -0.436. The molecule has 8 heteroatoms. The molecule has 0 spiro atoms. The lowest BCUT2D eigenvalue weighted by atomic mass is 10.2. The second-order valence-corrected chi connectivity index (χ2v) is 4.77. The molecule has 2 rings (SSSR count). The van der Waals surface area contributed by atoms with E-state index in [9.17, 15) is 9.59 Å². The summed E-state index contributed by atoms with van der Waals surface area (Å²) < 4.78 is 3.95. The van der Waals surface area contributed by atoms with Crippen molar-refractivity contribution in [3.8, 4) is 0 Å². The number of nitrogens with one attached hydrogen (secondary N) is 2. The van der Waals surface area contributed by atoms with Gasteiger partial charge in [-0.05, 0) is 30.7 Å². The molecule has 0 aliphatic rings. The van der Waals surface area contributed by atoms with Gasteiger partial charge in [-0.15, -0.1) is 0 Å². The first-order valence-electron chi connectivity index (χ1n) is 5.92. The van der Waals surface area contributed by atoms with E-state index in [1.54, 1.807) is 31.2 Å². The molecule has 2 aromatic rings. The van der Waals surface area contributed by atoms with E-state index < -0.39 is 12.0 Å². The molecule has 0 bridgehead atoms. The number of amides is 2. The molecule has 0 saturated heterocycles. The molecule has 2 amide bonds. The highest BCUT2D eigenvalue weighted by molar-refractivity contribution is 7.09. The van der Waals surface area contributed by atoms with Crippen molar-refractivity contribution in [3.05, 3.63) is 41.7 Å². The van der Waals surface area contributed by atoms with E-state index in [0.717, 1.165) is 17.6 Å². The lowest BCUT2D eigenvalue weighted by molar-refractivity contribution is -0.131. The Labute approximate surface area is 124 Å². The number of carbonyl (C=O) groups is 2. The van der Waals surface area contributed by atoms with Crippen LogP contribution in [0.4, 0.5) is 15.6 Å². The van der Waals surface area contributed by atoms with Gasteiger partial charge >= 0.3 is 12.0 Å². The highest BCUT2D eigenvalue weighted by Crippen LogP contribution is 2.14. The van der Waals surface area contributed by atoms with Gasteiger partial charge in [-0.1, -0.05) is 12.1 Å². The van der Waals surface area contributed by atoms with Gasteiger partial charge in [0.15, 0.2) is 0 Å². The lowest BCUT2D eigenvalue weighted by Gasteiger charge is -2.05. The minimum absolute atomic E-state index is 0.409. The average Bonchev–Trinajstić information content (AvgIpc) is 2.82. The van der Waals surface area contributed by atoms with Crippen LogP contribution < -0.4 is 10.6 Å². The van der Waals surface area contributed by atoms with E-state index >= 15 is 0 Å². The van der Waals surface area contributed by atoms with Crippen molar-refractivity contribution in [2.45, 2.75) is 6.92 Å². The SMILES string of the molecule is Cc1nsc(NC(=O)Nc2cccc(/C=C/C(=O)O)c2)n1. The van der Waals surface area contributed by atoms with Crippen LogP contribution in [0.1, 0.15) is 11.4 Å². The molecule has 108 valence electrons. The summed E-state index contributed by atoms with van der Waals surface area (Å²) in [6.07, 6.45) is 2.47. The normalized spacial score (nSPS) is 10.5. The van der Waals surface area contributed by atoms with Crippen LogP contribution in [0.3, 0.4) is 0 Å². The zero-order valence-corrected chi connectivity index (χ0v) is 11.8. The van der Waals surface area contributed by atoms with Crippen molar-refractivity contribution in [1.82, 2.24) is 9.36 Å². The van der Waals surface area contributed by atoms with Gasteiger partial charge in [0.25, 0.3) is 0 Å². The number of carboxylic acid groups (broad SMARTS) is 1. The Balaban J connectivity index is 2.00. The molecule has 1 aromatic heterocycles. The van der Waals surface area contributed by atoms with Gasteiger partial charge in [0, 0.05) is 23.3 Å². The number of benzene rings is 1. The second kappa shape index (κ2) is 6.62. The maximum atomic E-state index is 11.8. The predicted octanol–water partition coefficient (Wildman–Crippen LogP) is 2.59. The number of rotatable bonds is 4. The molecule has 0 atom stereocenters. The Hall–Kier alpha value is -2.74. The van der Waals surface area contributed by atoms with Crippen molar-refractivity contribution < 1.29 is 14.7 Å². The standard InChI is InChI=1S/C13H12N4O3S/c1-8-14-13(21-17-8)16-12(20)15-10-4-2-3-9(7-10)5-6-11(18)19/h2-7H,1H3,(H,18,19)(H2,14,15,16,17,20)/b6-5+. The summed E-state index contributed by atoms with van der Waals surface area (Å²) in [6.45, 7) is 1.73. The number of aromatic nitrogens is 2. The molecular formula is C13H12N4O3S. The summed E-state index contributed by atoms with van der Waals surface area (Å²) in [5, 5.41) is 14.2. The van der Waals surface area contributed by atoms with Crippen LogP contribution in [0.15, 0.2) is 30.3 Å². The largest absolute Gasteiger partial charge is 0.478 e. The first-order chi connectivity index (χ1) is 10.0. The Morgan fingerprint density at radius 2 is 2.14 bits per heavy atom. The summed E-state index contributed by atoms with van der Waals surface area (Å²) in [6, 6.07) is 6.36. The number of carbonyl (C=O) groups excluding carboxylic acids is 1. The summed E-state index contributed by atoms with van der Waals surface area (Å²) in [7, 11) is 0. The van der Waals surface area contributed by atoms with Gasteiger partial charge in [0.05, 0.1) is 0 Å². The summed E-state index contributed by atoms with van der Waals surface area (Å²) in [4.78, 5) is 26.3. The van der Waals surface area contributed by atoms with E-state index in [2.05, 4.69) is 20.0 Å². The zero-order chi connectivity index (χ0) is 15.2. The number of aliphatic carboxylic acids is 1. The number of hydrogen-bond acceptors (Lipinski definition) is 5. The maximum absolute atomic E-state index is 11.8. The third-order valence-corrected chi connectivity index (χ3v) is 3.03.